The Balaban J connectivity index is 1.78. The molecule has 0 spiro atoms. The minimum absolute atomic E-state index is 0.738. The van der Waals surface area contributed by atoms with Gasteiger partial charge >= 0.3 is 0 Å². The van der Waals surface area contributed by atoms with Gasteiger partial charge in [0, 0.05) is 18.4 Å². The van der Waals surface area contributed by atoms with Gasteiger partial charge in [0.25, 0.3) is 0 Å². The maximum absolute atomic E-state index is 5.40. The van der Waals surface area contributed by atoms with E-state index in [1.807, 2.05) is 12.1 Å². The monoisotopic (exact) mass is 303 g/mol. The molecule has 14 heavy (non-hydrogen) atoms. The van der Waals surface area contributed by atoms with Gasteiger partial charge in [-0.15, -0.1) is 0 Å². The average molecular weight is 303 g/mol. The van der Waals surface area contributed by atoms with E-state index in [1.165, 1.54) is 0 Å². The van der Waals surface area contributed by atoms with Crippen molar-refractivity contribution in [2.24, 2.45) is 0 Å². The van der Waals surface area contributed by atoms with Crippen LogP contribution >= 0.6 is 22.6 Å². The summed E-state index contributed by atoms with van der Waals surface area (Å²) in [6.45, 7) is 1.51. The molecule has 2 aromatic heterocycles. The third kappa shape index (κ3) is 2.58. The van der Waals surface area contributed by atoms with Crippen molar-refractivity contribution in [1.29, 1.82) is 0 Å². The number of aromatic amines is 1. The van der Waals surface area contributed by atoms with Crippen molar-refractivity contribution in [1.82, 2.24) is 15.3 Å². The van der Waals surface area contributed by atoms with Gasteiger partial charge in [-0.1, -0.05) is 0 Å². The third-order valence-corrected chi connectivity index (χ3v) is 2.38. The highest BCUT2D eigenvalue weighted by atomic mass is 127. The molecule has 4 nitrogen and oxygen atoms in total. The number of furan rings is 1. The molecular weight excluding hydrogens is 293 g/mol. The zero-order chi connectivity index (χ0) is 9.80. The Morgan fingerprint density at radius 1 is 1.43 bits per heavy atom. The summed E-state index contributed by atoms with van der Waals surface area (Å²) in [5.41, 5.74) is 1.08. The van der Waals surface area contributed by atoms with Crippen molar-refractivity contribution in [2.45, 2.75) is 13.1 Å². The predicted molar refractivity (Wildman–Crippen MR) is 60.6 cm³/mol. The summed E-state index contributed by atoms with van der Waals surface area (Å²) in [5.74, 6) is 0.953. The van der Waals surface area contributed by atoms with E-state index in [0.29, 0.717) is 0 Å². The van der Waals surface area contributed by atoms with E-state index >= 15 is 0 Å². The lowest BCUT2D eigenvalue weighted by molar-refractivity contribution is 0.462. The molecule has 2 rings (SSSR count). The van der Waals surface area contributed by atoms with E-state index < -0.39 is 0 Å². The summed E-state index contributed by atoms with van der Waals surface area (Å²) in [6, 6.07) is 3.93. The van der Waals surface area contributed by atoms with Gasteiger partial charge in [0.2, 0.25) is 0 Å². The van der Waals surface area contributed by atoms with Crippen molar-refractivity contribution in [3.8, 4) is 0 Å². The van der Waals surface area contributed by atoms with Gasteiger partial charge in [-0.05, 0) is 34.7 Å². The van der Waals surface area contributed by atoms with Crippen LogP contribution in [0.25, 0.3) is 0 Å². The Bertz CT molecular complexity index is 382. The molecule has 0 fully saturated rings. The molecule has 2 heterocycles. The number of halogens is 1. The van der Waals surface area contributed by atoms with Crippen LogP contribution in [0.5, 0.6) is 0 Å². The molecular formula is C9H10IN3O. The maximum atomic E-state index is 5.40. The number of nitrogens with zero attached hydrogens (tertiary/aromatic N) is 1. The van der Waals surface area contributed by atoms with Gasteiger partial charge in [-0.2, -0.15) is 0 Å². The summed E-state index contributed by atoms with van der Waals surface area (Å²) >= 11 is 2.15. The number of H-pyrrole nitrogens is 1. The Hall–Kier alpha value is -0.820. The molecule has 5 heteroatoms. The first-order valence-corrected chi connectivity index (χ1v) is 5.34. The highest BCUT2D eigenvalue weighted by Crippen LogP contribution is 2.09. The van der Waals surface area contributed by atoms with Crippen LogP contribution in [0.15, 0.2) is 29.1 Å². The SMILES string of the molecule is Ic1ccc(CNCc2cnc[nH]2)o1. The van der Waals surface area contributed by atoms with Gasteiger partial charge in [-0.3, -0.25) is 0 Å². The van der Waals surface area contributed by atoms with Crippen molar-refractivity contribution in [3.05, 3.63) is 39.9 Å². The number of hydrogen-bond donors (Lipinski definition) is 2. The first-order valence-electron chi connectivity index (χ1n) is 4.27. The zero-order valence-corrected chi connectivity index (χ0v) is 9.61. The molecule has 2 aromatic rings. The fourth-order valence-corrected chi connectivity index (χ4v) is 1.61. The van der Waals surface area contributed by atoms with Crippen LogP contribution in [-0.2, 0) is 13.1 Å². The molecule has 0 unspecified atom stereocenters. The highest BCUT2D eigenvalue weighted by molar-refractivity contribution is 14.1. The van der Waals surface area contributed by atoms with E-state index in [4.69, 9.17) is 4.42 Å². The highest BCUT2D eigenvalue weighted by Gasteiger charge is 1.98. The summed E-state index contributed by atoms with van der Waals surface area (Å²) < 4.78 is 6.32. The fourth-order valence-electron chi connectivity index (χ4n) is 1.15. The molecule has 0 bridgehead atoms. The van der Waals surface area contributed by atoms with Crippen LogP contribution in [0.2, 0.25) is 0 Å². The van der Waals surface area contributed by atoms with E-state index in [-0.39, 0.29) is 0 Å². The second-order valence-electron chi connectivity index (χ2n) is 2.89. The van der Waals surface area contributed by atoms with Gasteiger partial charge in [-0.25, -0.2) is 4.98 Å². The smallest absolute Gasteiger partial charge is 0.164 e. The van der Waals surface area contributed by atoms with Crippen LogP contribution in [-0.4, -0.2) is 9.97 Å². The van der Waals surface area contributed by atoms with Crippen molar-refractivity contribution in [3.63, 3.8) is 0 Å². The summed E-state index contributed by atoms with van der Waals surface area (Å²) in [4.78, 5) is 6.95. The molecule has 0 aromatic carbocycles. The molecule has 0 saturated carbocycles. The molecule has 0 aliphatic heterocycles. The molecule has 0 saturated heterocycles. The lowest BCUT2D eigenvalue weighted by atomic mass is 10.4. The first-order chi connectivity index (χ1) is 6.84. The fraction of sp³-hybridized carbons (Fsp3) is 0.222. The summed E-state index contributed by atoms with van der Waals surface area (Å²) in [7, 11) is 0. The molecule has 2 N–H and O–H groups in total. The van der Waals surface area contributed by atoms with Crippen molar-refractivity contribution >= 4 is 22.6 Å². The Kier molecular flexibility index (Phi) is 3.20. The van der Waals surface area contributed by atoms with Crippen LogP contribution in [0, 0.1) is 3.77 Å². The summed E-state index contributed by atoms with van der Waals surface area (Å²) in [5, 5.41) is 3.25. The lowest BCUT2D eigenvalue weighted by Gasteiger charge is -1.99. The second-order valence-corrected chi connectivity index (χ2v) is 3.95. The standard InChI is InChI=1S/C9H10IN3O/c10-9-2-1-8(14-9)5-11-3-7-4-12-6-13-7/h1-2,4,6,11H,3,5H2,(H,12,13). The molecule has 0 atom stereocenters. The minimum atomic E-state index is 0.738. The lowest BCUT2D eigenvalue weighted by Crippen LogP contribution is -2.12. The van der Waals surface area contributed by atoms with E-state index in [1.54, 1.807) is 12.5 Å². The number of aromatic nitrogens is 2. The van der Waals surface area contributed by atoms with Gasteiger partial charge in [0.05, 0.1) is 12.9 Å². The Morgan fingerprint density at radius 2 is 2.36 bits per heavy atom. The van der Waals surface area contributed by atoms with Crippen molar-refractivity contribution < 1.29 is 4.42 Å². The van der Waals surface area contributed by atoms with Crippen molar-refractivity contribution in [2.75, 3.05) is 0 Å². The number of rotatable bonds is 4. The van der Waals surface area contributed by atoms with E-state index in [2.05, 4.69) is 37.9 Å². The Labute approximate surface area is 95.3 Å². The topological polar surface area (TPSA) is 53.9 Å². The number of imidazole rings is 1. The molecule has 0 radical (unpaired) electrons. The quantitative estimate of drug-likeness (QED) is 0.848. The Morgan fingerprint density at radius 3 is 3.00 bits per heavy atom. The maximum Gasteiger partial charge on any atom is 0.164 e. The van der Waals surface area contributed by atoms with Gasteiger partial charge < -0.3 is 14.7 Å². The average Bonchev–Trinajstić information content (AvgIpc) is 2.77. The van der Waals surface area contributed by atoms with Gasteiger partial charge in [0.15, 0.2) is 3.77 Å². The van der Waals surface area contributed by atoms with Crippen LogP contribution < -0.4 is 5.32 Å². The number of hydrogen-bond acceptors (Lipinski definition) is 3. The zero-order valence-electron chi connectivity index (χ0n) is 7.46. The second kappa shape index (κ2) is 4.61. The minimum Gasteiger partial charge on any atom is -0.454 e. The van der Waals surface area contributed by atoms with Crippen LogP contribution in [0.1, 0.15) is 11.5 Å². The largest absolute Gasteiger partial charge is 0.454 e. The molecule has 74 valence electrons. The van der Waals surface area contributed by atoms with E-state index in [0.717, 1.165) is 28.3 Å². The number of nitrogens with one attached hydrogen (secondary N) is 2. The van der Waals surface area contributed by atoms with E-state index in [9.17, 15) is 0 Å². The normalized spacial score (nSPS) is 10.6. The molecule has 0 aliphatic carbocycles. The van der Waals surface area contributed by atoms with Gasteiger partial charge in [0.1, 0.15) is 5.76 Å². The predicted octanol–water partition coefficient (Wildman–Crippen LogP) is 1.90. The van der Waals surface area contributed by atoms with Crippen LogP contribution in [0.3, 0.4) is 0 Å². The summed E-state index contributed by atoms with van der Waals surface area (Å²) in [6.07, 6.45) is 3.48. The van der Waals surface area contributed by atoms with Crippen LogP contribution in [0.4, 0.5) is 0 Å². The molecule has 0 amide bonds. The first kappa shape index (κ1) is 9.72. The third-order valence-electron chi connectivity index (χ3n) is 1.80. The molecule has 0 aliphatic rings.